The Labute approximate surface area is 169 Å². The summed E-state index contributed by atoms with van der Waals surface area (Å²) in [5.41, 5.74) is -1.35. The van der Waals surface area contributed by atoms with Crippen molar-refractivity contribution in [3.63, 3.8) is 0 Å². The van der Waals surface area contributed by atoms with Gasteiger partial charge in [0.25, 0.3) is 5.91 Å². The molecular formula is C23H37NO4. The quantitative estimate of drug-likeness (QED) is 0.528. The molecule has 28 heavy (non-hydrogen) atoms. The minimum absolute atomic E-state index is 0.0500. The van der Waals surface area contributed by atoms with Crippen molar-refractivity contribution in [1.82, 2.24) is 4.90 Å². The summed E-state index contributed by atoms with van der Waals surface area (Å²) < 4.78 is 5.55. The molecule has 2 amide bonds. The van der Waals surface area contributed by atoms with Gasteiger partial charge in [-0.2, -0.15) is 0 Å². The van der Waals surface area contributed by atoms with Gasteiger partial charge in [0, 0.05) is 0 Å². The molecule has 4 atom stereocenters. The smallest absolute Gasteiger partial charge is 0.312 e. The van der Waals surface area contributed by atoms with Gasteiger partial charge in [-0.25, -0.2) is 0 Å². The number of carbonyl (C=O) groups excluding carboxylic acids is 3. The van der Waals surface area contributed by atoms with Gasteiger partial charge in [-0.3, -0.25) is 19.3 Å². The second-order valence-corrected chi connectivity index (χ2v) is 11.9. The Morgan fingerprint density at radius 1 is 1.11 bits per heavy atom. The van der Waals surface area contributed by atoms with Crippen LogP contribution in [0.4, 0.5) is 0 Å². The zero-order valence-corrected chi connectivity index (χ0v) is 18.7. The molecule has 0 N–H and O–H groups in total. The molecule has 1 saturated heterocycles. The molecule has 5 heteroatoms. The second kappa shape index (κ2) is 6.56. The summed E-state index contributed by atoms with van der Waals surface area (Å²) in [6.07, 6.45) is 5.53. The van der Waals surface area contributed by atoms with Crippen LogP contribution >= 0.6 is 0 Å². The summed E-state index contributed by atoms with van der Waals surface area (Å²) >= 11 is 0. The molecule has 2 saturated carbocycles. The van der Waals surface area contributed by atoms with Crippen LogP contribution in [0.15, 0.2) is 0 Å². The van der Waals surface area contributed by atoms with Crippen LogP contribution in [0.2, 0.25) is 0 Å². The summed E-state index contributed by atoms with van der Waals surface area (Å²) in [7, 11) is 0. The van der Waals surface area contributed by atoms with E-state index in [2.05, 4.69) is 20.8 Å². The van der Waals surface area contributed by atoms with Gasteiger partial charge in [0.15, 0.2) is 6.61 Å². The molecule has 4 unspecified atom stereocenters. The molecule has 1 spiro atoms. The van der Waals surface area contributed by atoms with Crippen molar-refractivity contribution < 1.29 is 19.1 Å². The first-order chi connectivity index (χ1) is 12.7. The summed E-state index contributed by atoms with van der Waals surface area (Å²) in [4.78, 5) is 39.6. The minimum Gasteiger partial charge on any atom is -0.455 e. The first-order valence-corrected chi connectivity index (χ1v) is 10.7. The van der Waals surface area contributed by atoms with E-state index < -0.39 is 5.41 Å². The largest absolute Gasteiger partial charge is 0.455 e. The van der Waals surface area contributed by atoms with Gasteiger partial charge in [-0.05, 0) is 61.7 Å². The van der Waals surface area contributed by atoms with Gasteiger partial charge in [0.2, 0.25) is 5.91 Å². The van der Waals surface area contributed by atoms with E-state index in [1.807, 2.05) is 27.7 Å². The van der Waals surface area contributed by atoms with Crippen molar-refractivity contribution >= 4 is 17.8 Å². The molecule has 1 heterocycles. The predicted octanol–water partition coefficient (Wildman–Crippen LogP) is 4.34. The minimum atomic E-state index is -0.714. The Balaban J connectivity index is 1.68. The van der Waals surface area contributed by atoms with Crippen molar-refractivity contribution in [2.24, 2.45) is 28.1 Å². The van der Waals surface area contributed by atoms with Crippen LogP contribution in [0.3, 0.4) is 0 Å². The molecule has 0 aromatic carbocycles. The zero-order valence-electron chi connectivity index (χ0n) is 18.7. The van der Waals surface area contributed by atoms with Crippen LogP contribution in [-0.4, -0.2) is 34.8 Å². The normalized spacial score (nSPS) is 31.7. The topological polar surface area (TPSA) is 63.7 Å². The van der Waals surface area contributed by atoms with Crippen LogP contribution in [0.1, 0.15) is 87.0 Å². The Morgan fingerprint density at radius 2 is 1.75 bits per heavy atom. The van der Waals surface area contributed by atoms with E-state index in [-0.39, 0.29) is 40.8 Å². The number of hydrogen-bond acceptors (Lipinski definition) is 4. The maximum absolute atomic E-state index is 13.1. The van der Waals surface area contributed by atoms with Gasteiger partial charge >= 0.3 is 5.97 Å². The molecule has 0 aromatic heterocycles. The van der Waals surface area contributed by atoms with Crippen molar-refractivity contribution in [2.45, 2.75) is 92.5 Å². The van der Waals surface area contributed by atoms with Crippen molar-refractivity contribution in [3.8, 4) is 0 Å². The number of fused-ring (bicyclic) bond motifs is 3. The number of β-lactam (4-membered cyclic amide) rings is 1. The van der Waals surface area contributed by atoms with Crippen LogP contribution in [-0.2, 0) is 19.1 Å². The number of likely N-dealkylation sites (tertiary alicyclic amines) is 1. The van der Waals surface area contributed by atoms with E-state index in [0.717, 1.165) is 19.3 Å². The van der Waals surface area contributed by atoms with Gasteiger partial charge in [-0.15, -0.1) is 0 Å². The number of esters is 1. The highest BCUT2D eigenvalue weighted by Gasteiger charge is 2.64. The van der Waals surface area contributed by atoms with E-state index in [0.29, 0.717) is 24.7 Å². The van der Waals surface area contributed by atoms with E-state index in [4.69, 9.17) is 4.74 Å². The first-order valence-electron chi connectivity index (χ1n) is 10.7. The van der Waals surface area contributed by atoms with E-state index in [1.54, 1.807) is 0 Å². The third kappa shape index (κ3) is 3.39. The van der Waals surface area contributed by atoms with Crippen molar-refractivity contribution in [1.29, 1.82) is 0 Å². The standard InChI is InChI=1S/C23H37NO4/c1-20(2,3)14-22(7,21(4,5)6)19(27)28-13-18(26)24-17(25)12-23(24)11-15-8-9-16(23)10-15/h15-16H,8-14H2,1-7H3. The molecule has 0 radical (unpaired) electrons. The van der Waals surface area contributed by atoms with Gasteiger partial charge in [-0.1, -0.05) is 41.5 Å². The first kappa shape index (κ1) is 21.3. The summed E-state index contributed by atoms with van der Waals surface area (Å²) in [6.45, 7) is 14.0. The molecule has 158 valence electrons. The third-order valence-electron chi connectivity index (χ3n) is 7.66. The van der Waals surface area contributed by atoms with Crippen LogP contribution in [0, 0.1) is 28.1 Å². The lowest BCUT2D eigenvalue weighted by Crippen LogP contribution is -2.68. The molecular weight excluding hydrogens is 354 g/mol. The monoisotopic (exact) mass is 391 g/mol. The third-order valence-corrected chi connectivity index (χ3v) is 7.66. The second-order valence-electron chi connectivity index (χ2n) is 11.9. The molecule has 3 aliphatic rings. The number of hydrogen-bond donors (Lipinski definition) is 0. The number of carbonyl (C=O) groups is 3. The Bertz CT molecular complexity index is 686. The van der Waals surface area contributed by atoms with Crippen molar-refractivity contribution in [3.05, 3.63) is 0 Å². The van der Waals surface area contributed by atoms with Crippen LogP contribution in [0.25, 0.3) is 0 Å². The lowest BCUT2D eigenvalue weighted by Gasteiger charge is -2.53. The van der Waals surface area contributed by atoms with Crippen LogP contribution in [0.5, 0.6) is 0 Å². The van der Waals surface area contributed by atoms with Crippen molar-refractivity contribution in [2.75, 3.05) is 6.61 Å². The fraction of sp³-hybridized carbons (Fsp3) is 0.870. The number of nitrogens with zero attached hydrogens (tertiary/aromatic N) is 1. The average molecular weight is 392 g/mol. The summed E-state index contributed by atoms with van der Waals surface area (Å²) in [6, 6.07) is 0. The molecule has 1 aliphatic heterocycles. The summed E-state index contributed by atoms with van der Waals surface area (Å²) in [5, 5.41) is 0. The molecule has 2 bridgehead atoms. The maximum atomic E-state index is 13.1. The van der Waals surface area contributed by atoms with E-state index in [1.165, 1.54) is 11.3 Å². The number of ether oxygens (including phenoxy) is 1. The Kier molecular flexibility index (Phi) is 5.00. The van der Waals surface area contributed by atoms with E-state index >= 15 is 0 Å². The lowest BCUT2D eigenvalue weighted by molar-refractivity contribution is -0.181. The highest BCUT2D eigenvalue weighted by Crippen LogP contribution is 2.59. The fourth-order valence-corrected chi connectivity index (χ4v) is 5.93. The highest BCUT2D eigenvalue weighted by atomic mass is 16.5. The van der Waals surface area contributed by atoms with Gasteiger partial charge < -0.3 is 4.74 Å². The number of rotatable bonds is 4. The molecule has 0 aromatic rings. The SMILES string of the molecule is CC(C)(C)CC(C)(C(=O)OCC(=O)N1C(=O)CC12CC1CCC2C1)C(C)(C)C. The molecule has 5 nitrogen and oxygen atoms in total. The van der Waals surface area contributed by atoms with E-state index in [9.17, 15) is 14.4 Å². The maximum Gasteiger partial charge on any atom is 0.312 e. The highest BCUT2D eigenvalue weighted by molar-refractivity contribution is 6.03. The molecule has 3 fully saturated rings. The van der Waals surface area contributed by atoms with Crippen LogP contribution < -0.4 is 0 Å². The Hall–Kier alpha value is -1.39. The van der Waals surface area contributed by atoms with Gasteiger partial charge in [0.1, 0.15) is 0 Å². The molecule has 3 rings (SSSR count). The number of imide groups is 1. The summed E-state index contributed by atoms with van der Waals surface area (Å²) in [5.74, 6) is 0.284. The van der Waals surface area contributed by atoms with Gasteiger partial charge in [0.05, 0.1) is 17.4 Å². The zero-order chi connectivity index (χ0) is 21.1. The Morgan fingerprint density at radius 3 is 2.18 bits per heavy atom. The molecule has 2 aliphatic carbocycles. The number of amides is 2. The lowest BCUT2D eigenvalue weighted by atomic mass is 9.61. The average Bonchev–Trinajstić information content (AvgIpc) is 3.11. The fourth-order valence-electron chi connectivity index (χ4n) is 5.93. The predicted molar refractivity (Wildman–Crippen MR) is 107 cm³/mol.